The molecule has 2 aliphatic carbocycles. The maximum absolute atomic E-state index is 4.34. The van der Waals surface area contributed by atoms with Crippen molar-refractivity contribution >= 4 is 0 Å². The Kier molecular flexibility index (Phi) is 1.85. The molecule has 0 spiro atoms. The number of fused-ring (bicyclic) bond motifs is 6. The summed E-state index contributed by atoms with van der Waals surface area (Å²) in [4.78, 5) is 4.34. The minimum atomic E-state index is 0.417. The zero-order chi connectivity index (χ0) is 12.3. The van der Waals surface area contributed by atoms with Crippen LogP contribution in [0.5, 0.6) is 0 Å². The van der Waals surface area contributed by atoms with Gasteiger partial charge in [0.2, 0.25) is 0 Å². The topological polar surface area (TPSA) is 12.9 Å². The first-order valence-electron chi connectivity index (χ1n) is 6.81. The molecular formula is C17H17N. The standard InChI is InChI=1S/C17H17N/c1-3-17-9-16(17)12-5-4-11(2)8-13(12)14-10-18-7-6-15(14)17/h4-8,10,16H,3,9H2,1-2H3/t16-,17?/m0/s1. The van der Waals surface area contributed by atoms with Gasteiger partial charge >= 0.3 is 0 Å². The molecule has 0 saturated heterocycles. The van der Waals surface area contributed by atoms with Crippen molar-refractivity contribution < 1.29 is 0 Å². The average Bonchev–Trinajstić information content (AvgIpc) is 3.15. The lowest BCUT2D eigenvalue weighted by Gasteiger charge is -2.26. The van der Waals surface area contributed by atoms with Gasteiger partial charge in [0.05, 0.1) is 0 Å². The Balaban J connectivity index is 2.05. The molecule has 1 unspecified atom stereocenters. The summed E-state index contributed by atoms with van der Waals surface area (Å²) in [5.41, 5.74) is 7.62. The molecule has 1 aromatic heterocycles. The number of benzene rings is 1. The minimum absolute atomic E-state index is 0.417. The number of nitrogens with zero attached hydrogens (tertiary/aromatic N) is 1. The number of rotatable bonds is 1. The van der Waals surface area contributed by atoms with Crippen molar-refractivity contribution in [2.45, 2.75) is 38.0 Å². The minimum Gasteiger partial charge on any atom is -0.264 e. The zero-order valence-electron chi connectivity index (χ0n) is 10.9. The molecule has 4 rings (SSSR count). The van der Waals surface area contributed by atoms with E-state index < -0.39 is 0 Å². The Hall–Kier alpha value is -1.63. The molecule has 1 heteroatoms. The summed E-state index contributed by atoms with van der Waals surface area (Å²) in [6.45, 7) is 4.49. The summed E-state index contributed by atoms with van der Waals surface area (Å²) in [5, 5.41) is 0. The number of hydrogen-bond donors (Lipinski definition) is 0. The van der Waals surface area contributed by atoms with E-state index in [1.807, 2.05) is 6.20 Å². The van der Waals surface area contributed by atoms with Crippen LogP contribution in [0.2, 0.25) is 0 Å². The molecule has 2 aromatic rings. The molecule has 2 atom stereocenters. The second kappa shape index (κ2) is 3.23. The highest BCUT2D eigenvalue weighted by Crippen LogP contribution is 2.68. The Labute approximate surface area is 108 Å². The molecule has 0 amide bonds. The molecule has 18 heavy (non-hydrogen) atoms. The first kappa shape index (κ1) is 10.3. The summed E-state index contributed by atoms with van der Waals surface area (Å²) >= 11 is 0. The summed E-state index contributed by atoms with van der Waals surface area (Å²) in [6, 6.07) is 9.15. The molecule has 1 saturated carbocycles. The van der Waals surface area contributed by atoms with Crippen molar-refractivity contribution in [3.05, 3.63) is 53.3 Å². The summed E-state index contributed by atoms with van der Waals surface area (Å²) < 4.78 is 0. The van der Waals surface area contributed by atoms with Crippen LogP contribution in [0.4, 0.5) is 0 Å². The van der Waals surface area contributed by atoms with Gasteiger partial charge in [-0.1, -0.05) is 30.7 Å². The van der Waals surface area contributed by atoms with Gasteiger partial charge in [0.1, 0.15) is 0 Å². The quantitative estimate of drug-likeness (QED) is 0.721. The molecule has 0 bridgehead atoms. The van der Waals surface area contributed by atoms with E-state index in [0.29, 0.717) is 5.41 Å². The Morgan fingerprint density at radius 3 is 3.00 bits per heavy atom. The largest absolute Gasteiger partial charge is 0.264 e. The van der Waals surface area contributed by atoms with E-state index in [4.69, 9.17) is 0 Å². The first-order valence-corrected chi connectivity index (χ1v) is 6.81. The normalized spacial score (nSPS) is 27.1. The van der Waals surface area contributed by atoms with Crippen LogP contribution in [0.15, 0.2) is 36.7 Å². The Morgan fingerprint density at radius 1 is 1.28 bits per heavy atom. The second-order valence-electron chi connectivity index (χ2n) is 5.78. The maximum atomic E-state index is 4.34. The van der Waals surface area contributed by atoms with Crippen LogP contribution in [-0.4, -0.2) is 4.98 Å². The first-order chi connectivity index (χ1) is 8.76. The molecule has 1 heterocycles. The van der Waals surface area contributed by atoms with Gasteiger partial charge in [0, 0.05) is 23.4 Å². The fraction of sp³-hybridized carbons (Fsp3) is 0.353. The van der Waals surface area contributed by atoms with Crippen LogP contribution < -0.4 is 0 Å². The SMILES string of the molecule is CCC12C[C@H]1c1ccc(C)cc1-c1cnccc12. The molecule has 1 nitrogen and oxygen atoms in total. The van der Waals surface area contributed by atoms with E-state index >= 15 is 0 Å². The van der Waals surface area contributed by atoms with Crippen LogP contribution >= 0.6 is 0 Å². The van der Waals surface area contributed by atoms with Gasteiger partial charge in [-0.05, 0) is 48.4 Å². The van der Waals surface area contributed by atoms with Gasteiger partial charge in [-0.2, -0.15) is 0 Å². The van der Waals surface area contributed by atoms with Gasteiger partial charge in [-0.3, -0.25) is 4.98 Å². The number of aromatic nitrogens is 1. The van der Waals surface area contributed by atoms with Crippen molar-refractivity contribution in [3.8, 4) is 11.1 Å². The van der Waals surface area contributed by atoms with E-state index in [-0.39, 0.29) is 0 Å². The highest BCUT2D eigenvalue weighted by molar-refractivity contribution is 5.78. The number of aryl methyl sites for hydroxylation is 1. The van der Waals surface area contributed by atoms with Crippen molar-refractivity contribution in [1.29, 1.82) is 0 Å². The molecule has 0 aliphatic heterocycles. The third-order valence-corrected chi connectivity index (χ3v) is 4.94. The fourth-order valence-corrected chi connectivity index (χ4v) is 3.84. The van der Waals surface area contributed by atoms with E-state index in [1.165, 1.54) is 35.1 Å². The van der Waals surface area contributed by atoms with Gasteiger partial charge < -0.3 is 0 Å². The molecule has 1 fully saturated rings. The van der Waals surface area contributed by atoms with Gasteiger partial charge in [-0.25, -0.2) is 0 Å². The predicted octanol–water partition coefficient (Wildman–Crippen LogP) is 4.21. The third kappa shape index (κ3) is 1.10. The molecule has 0 radical (unpaired) electrons. The van der Waals surface area contributed by atoms with Crippen LogP contribution in [0.3, 0.4) is 0 Å². The van der Waals surface area contributed by atoms with E-state index in [1.54, 1.807) is 5.56 Å². The molecule has 2 aliphatic rings. The second-order valence-corrected chi connectivity index (χ2v) is 5.78. The van der Waals surface area contributed by atoms with Crippen molar-refractivity contribution in [3.63, 3.8) is 0 Å². The third-order valence-electron chi connectivity index (χ3n) is 4.94. The highest BCUT2D eigenvalue weighted by Gasteiger charge is 2.58. The highest BCUT2D eigenvalue weighted by atomic mass is 14.7. The van der Waals surface area contributed by atoms with Crippen LogP contribution in [0.1, 0.15) is 42.4 Å². The lowest BCUT2D eigenvalue weighted by atomic mass is 9.77. The van der Waals surface area contributed by atoms with Crippen molar-refractivity contribution in [2.24, 2.45) is 0 Å². The lowest BCUT2D eigenvalue weighted by Crippen LogP contribution is -2.15. The van der Waals surface area contributed by atoms with Gasteiger partial charge in [-0.15, -0.1) is 0 Å². The number of hydrogen-bond acceptors (Lipinski definition) is 1. The van der Waals surface area contributed by atoms with Gasteiger partial charge in [0.25, 0.3) is 0 Å². The molecule has 90 valence electrons. The van der Waals surface area contributed by atoms with E-state index in [2.05, 4.69) is 49.3 Å². The van der Waals surface area contributed by atoms with E-state index in [0.717, 1.165) is 5.92 Å². The smallest absolute Gasteiger partial charge is 0.0349 e. The summed E-state index contributed by atoms with van der Waals surface area (Å²) in [6.07, 6.45) is 6.56. The Morgan fingerprint density at radius 2 is 2.17 bits per heavy atom. The lowest BCUT2D eigenvalue weighted by molar-refractivity contribution is 0.632. The van der Waals surface area contributed by atoms with Crippen molar-refractivity contribution in [1.82, 2.24) is 4.98 Å². The van der Waals surface area contributed by atoms with Gasteiger partial charge in [0.15, 0.2) is 0 Å². The molecular weight excluding hydrogens is 218 g/mol. The Bertz CT molecular complexity index is 644. The average molecular weight is 235 g/mol. The zero-order valence-corrected chi connectivity index (χ0v) is 10.9. The van der Waals surface area contributed by atoms with E-state index in [9.17, 15) is 0 Å². The fourth-order valence-electron chi connectivity index (χ4n) is 3.84. The van der Waals surface area contributed by atoms with Crippen LogP contribution in [0, 0.1) is 6.92 Å². The molecule has 0 N–H and O–H groups in total. The van der Waals surface area contributed by atoms with Crippen molar-refractivity contribution in [2.75, 3.05) is 0 Å². The number of pyridine rings is 1. The monoisotopic (exact) mass is 235 g/mol. The summed E-state index contributed by atoms with van der Waals surface area (Å²) in [5.74, 6) is 0.744. The van der Waals surface area contributed by atoms with Crippen LogP contribution in [0.25, 0.3) is 11.1 Å². The molecule has 1 aromatic carbocycles. The summed E-state index contributed by atoms with van der Waals surface area (Å²) in [7, 11) is 0. The van der Waals surface area contributed by atoms with Crippen LogP contribution in [-0.2, 0) is 5.41 Å². The predicted molar refractivity (Wildman–Crippen MR) is 73.7 cm³/mol. The maximum Gasteiger partial charge on any atom is 0.0349 e.